The highest BCUT2D eigenvalue weighted by molar-refractivity contribution is 6.30. The van der Waals surface area contributed by atoms with Gasteiger partial charge in [-0.15, -0.1) is 5.10 Å². The van der Waals surface area contributed by atoms with Gasteiger partial charge in [0.15, 0.2) is 5.82 Å². The molecule has 3 aromatic rings. The molecule has 0 amide bonds. The molecule has 0 saturated carbocycles. The molecule has 2 aromatic carbocycles. The summed E-state index contributed by atoms with van der Waals surface area (Å²) < 4.78 is 7.29. The van der Waals surface area contributed by atoms with Crippen LogP contribution < -0.4 is 9.64 Å². The van der Waals surface area contributed by atoms with Gasteiger partial charge in [-0.1, -0.05) is 29.8 Å². The first-order valence-electron chi connectivity index (χ1n) is 10.5. The Kier molecular flexibility index (Phi) is 6.16. The fourth-order valence-corrected chi connectivity index (χ4v) is 4.25. The van der Waals surface area contributed by atoms with Crippen molar-refractivity contribution < 1.29 is 4.74 Å². The molecule has 0 N–H and O–H groups in total. The van der Waals surface area contributed by atoms with Crippen LogP contribution >= 0.6 is 11.6 Å². The second-order valence-corrected chi connectivity index (χ2v) is 9.23. The summed E-state index contributed by atoms with van der Waals surface area (Å²) in [4.78, 5) is 4.83. The number of anilines is 1. The minimum atomic E-state index is -0.216. The van der Waals surface area contributed by atoms with E-state index in [1.54, 1.807) is 7.11 Å². The van der Waals surface area contributed by atoms with Crippen LogP contribution in [0.1, 0.15) is 38.2 Å². The zero-order valence-corrected chi connectivity index (χ0v) is 19.3. The van der Waals surface area contributed by atoms with Crippen LogP contribution in [-0.4, -0.2) is 58.4 Å². The van der Waals surface area contributed by atoms with Gasteiger partial charge in [0.25, 0.3) is 0 Å². The Morgan fingerprint density at radius 1 is 1.00 bits per heavy atom. The summed E-state index contributed by atoms with van der Waals surface area (Å²) >= 11 is 6.20. The molecule has 1 fully saturated rings. The quantitative estimate of drug-likeness (QED) is 0.597. The zero-order chi connectivity index (χ0) is 22.0. The van der Waals surface area contributed by atoms with Crippen molar-refractivity contribution in [1.82, 2.24) is 25.1 Å². The van der Waals surface area contributed by atoms with Crippen LogP contribution in [-0.2, 0) is 5.54 Å². The molecule has 1 atom stereocenters. The topological polar surface area (TPSA) is 59.3 Å². The number of halogens is 1. The van der Waals surface area contributed by atoms with Gasteiger partial charge in [0, 0.05) is 36.9 Å². The van der Waals surface area contributed by atoms with E-state index in [1.165, 1.54) is 0 Å². The molecular formula is C23H29ClN6O. The number of ether oxygens (including phenoxy) is 1. The lowest BCUT2D eigenvalue weighted by molar-refractivity contribution is 0.191. The van der Waals surface area contributed by atoms with Crippen molar-refractivity contribution in [2.75, 3.05) is 38.2 Å². The lowest BCUT2D eigenvalue weighted by Crippen LogP contribution is -2.48. The van der Waals surface area contributed by atoms with Crippen molar-refractivity contribution in [2.45, 2.75) is 32.4 Å². The maximum absolute atomic E-state index is 6.20. The fourth-order valence-electron chi connectivity index (χ4n) is 4.06. The molecule has 1 aliphatic rings. The second-order valence-electron chi connectivity index (χ2n) is 8.80. The van der Waals surface area contributed by atoms with Gasteiger partial charge in [0.2, 0.25) is 0 Å². The molecule has 7 nitrogen and oxygen atoms in total. The SMILES string of the molecule is COc1ccc([C@H](c2nnnn2C(C)(C)C)N2CCN(c3cccc(Cl)c3)CC2)cc1. The Morgan fingerprint density at radius 3 is 2.32 bits per heavy atom. The molecule has 31 heavy (non-hydrogen) atoms. The number of benzene rings is 2. The van der Waals surface area contributed by atoms with Gasteiger partial charge in [-0.05, 0) is 67.1 Å². The van der Waals surface area contributed by atoms with E-state index in [9.17, 15) is 0 Å². The lowest BCUT2D eigenvalue weighted by atomic mass is 10.0. The first kappa shape index (κ1) is 21.6. The van der Waals surface area contributed by atoms with Gasteiger partial charge in [0.1, 0.15) is 5.75 Å². The molecule has 0 radical (unpaired) electrons. The largest absolute Gasteiger partial charge is 0.497 e. The monoisotopic (exact) mass is 440 g/mol. The third-order valence-electron chi connectivity index (χ3n) is 5.66. The number of nitrogens with zero attached hydrogens (tertiary/aromatic N) is 6. The second kappa shape index (κ2) is 8.85. The van der Waals surface area contributed by atoms with E-state index in [0.29, 0.717) is 0 Å². The highest BCUT2D eigenvalue weighted by Gasteiger charge is 2.33. The standard InChI is InChI=1S/C23H29ClN6O/c1-23(2,3)30-22(25-26-27-30)21(17-8-10-20(31-4)11-9-17)29-14-12-28(13-15-29)19-7-5-6-18(24)16-19/h5-11,16,21H,12-15H2,1-4H3/t21-/m1/s1. The molecule has 0 spiro atoms. The van der Waals surface area contributed by atoms with E-state index in [1.807, 2.05) is 35.0 Å². The van der Waals surface area contributed by atoms with E-state index in [2.05, 4.69) is 64.3 Å². The van der Waals surface area contributed by atoms with Crippen molar-refractivity contribution in [3.8, 4) is 5.75 Å². The van der Waals surface area contributed by atoms with E-state index in [0.717, 1.165) is 54.0 Å². The minimum Gasteiger partial charge on any atom is -0.497 e. The molecular weight excluding hydrogens is 412 g/mol. The number of methoxy groups -OCH3 is 1. The predicted octanol–water partition coefficient (Wildman–Crippen LogP) is 4.00. The van der Waals surface area contributed by atoms with E-state index in [-0.39, 0.29) is 11.6 Å². The van der Waals surface area contributed by atoms with Gasteiger partial charge in [-0.2, -0.15) is 0 Å². The van der Waals surface area contributed by atoms with Crippen LogP contribution in [0.5, 0.6) is 5.75 Å². The smallest absolute Gasteiger partial charge is 0.173 e. The summed E-state index contributed by atoms with van der Waals surface area (Å²) in [6.07, 6.45) is 0. The van der Waals surface area contributed by atoms with E-state index >= 15 is 0 Å². The Hall–Kier alpha value is -2.64. The summed E-state index contributed by atoms with van der Waals surface area (Å²) in [5.41, 5.74) is 2.09. The maximum Gasteiger partial charge on any atom is 0.173 e. The average Bonchev–Trinajstić information content (AvgIpc) is 3.25. The number of rotatable bonds is 5. The molecule has 0 bridgehead atoms. The normalized spacial score (nSPS) is 16.4. The van der Waals surface area contributed by atoms with E-state index in [4.69, 9.17) is 16.3 Å². The Morgan fingerprint density at radius 2 is 1.71 bits per heavy atom. The molecule has 4 rings (SSSR count). The van der Waals surface area contributed by atoms with Gasteiger partial charge in [-0.3, -0.25) is 4.90 Å². The fraction of sp³-hybridized carbons (Fsp3) is 0.435. The summed E-state index contributed by atoms with van der Waals surface area (Å²) in [7, 11) is 1.68. The average molecular weight is 441 g/mol. The maximum atomic E-state index is 6.20. The minimum absolute atomic E-state index is 0.0401. The van der Waals surface area contributed by atoms with Crippen molar-refractivity contribution >= 4 is 17.3 Å². The summed E-state index contributed by atoms with van der Waals surface area (Å²) in [6, 6.07) is 16.2. The zero-order valence-electron chi connectivity index (χ0n) is 18.5. The van der Waals surface area contributed by atoms with Crippen molar-refractivity contribution in [1.29, 1.82) is 0 Å². The Labute approximate surface area is 188 Å². The first-order chi connectivity index (χ1) is 14.9. The number of piperazine rings is 1. The van der Waals surface area contributed by atoms with Gasteiger partial charge in [0.05, 0.1) is 18.7 Å². The summed E-state index contributed by atoms with van der Waals surface area (Å²) in [5.74, 6) is 1.69. The molecule has 1 aromatic heterocycles. The molecule has 164 valence electrons. The number of hydrogen-bond acceptors (Lipinski definition) is 6. The van der Waals surface area contributed by atoms with Gasteiger partial charge >= 0.3 is 0 Å². The summed E-state index contributed by atoms with van der Waals surface area (Å²) in [6.45, 7) is 9.95. The van der Waals surface area contributed by atoms with Crippen LogP contribution in [0.15, 0.2) is 48.5 Å². The predicted molar refractivity (Wildman–Crippen MR) is 123 cm³/mol. The highest BCUT2D eigenvalue weighted by atomic mass is 35.5. The van der Waals surface area contributed by atoms with Crippen LogP contribution in [0.3, 0.4) is 0 Å². The first-order valence-corrected chi connectivity index (χ1v) is 10.9. The third-order valence-corrected chi connectivity index (χ3v) is 5.89. The number of tetrazole rings is 1. The Balaban J connectivity index is 1.63. The van der Waals surface area contributed by atoms with Crippen LogP contribution in [0.25, 0.3) is 0 Å². The lowest BCUT2D eigenvalue weighted by Gasteiger charge is -2.40. The molecule has 2 heterocycles. The Bertz CT molecular complexity index is 1010. The summed E-state index contributed by atoms with van der Waals surface area (Å²) in [5, 5.41) is 13.6. The van der Waals surface area contributed by atoms with Crippen molar-refractivity contribution in [2.24, 2.45) is 0 Å². The van der Waals surface area contributed by atoms with Crippen molar-refractivity contribution in [3.63, 3.8) is 0 Å². The van der Waals surface area contributed by atoms with Crippen LogP contribution in [0.4, 0.5) is 5.69 Å². The highest BCUT2D eigenvalue weighted by Crippen LogP contribution is 2.32. The molecule has 8 heteroatoms. The molecule has 1 saturated heterocycles. The third kappa shape index (κ3) is 4.67. The van der Waals surface area contributed by atoms with E-state index < -0.39 is 0 Å². The van der Waals surface area contributed by atoms with Gasteiger partial charge < -0.3 is 9.64 Å². The van der Waals surface area contributed by atoms with Crippen LogP contribution in [0.2, 0.25) is 5.02 Å². The molecule has 1 aliphatic heterocycles. The molecule has 0 unspecified atom stereocenters. The number of hydrogen-bond donors (Lipinski definition) is 0. The number of aromatic nitrogens is 4. The van der Waals surface area contributed by atoms with Crippen LogP contribution in [0, 0.1) is 0 Å². The molecule has 0 aliphatic carbocycles. The van der Waals surface area contributed by atoms with Crippen molar-refractivity contribution in [3.05, 3.63) is 64.9 Å². The van der Waals surface area contributed by atoms with Gasteiger partial charge in [-0.25, -0.2) is 4.68 Å².